The Kier molecular flexibility index (Phi) is 2.94. The van der Waals surface area contributed by atoms with E-state index in [0.29, 0.717) is 18.0 Å². The molecular weight excluding hydrogens is 192 g/mol. The first-order valence-electron chi connectivity index (χ1n) is 5.19. The zero-order chi connectivity index (χ0) is 10.7. The fourth-order valence-electron chi connectivity index (χ4n) is 1.47. The summed E-state index contributed by atoms with van der Waals surface area (Å²) >= 11 is 0. The van der Waals surface area contributed by atoms with Gasteiger partial charge in [-0.2, -0.15) is 0 Å². The minimum Gasteiger partial charge on any atom is -0.481 e. The Labute approximate surface area is 88.7 Å². The number of hydrogen-bond donors (Lipinski definition) is 0. The summed E-state index contributed by atoms with van der Waals surface area (Å²) in [6.07, 6.45) is 5.50. The van der Waals surface area contributed by atoms with Crippen LogP contribution in [0, 0.1) is 5.92 Å². The van der Waals surface area contributed by atoms with Gasteiger partial charge in [-0.05, 0) is 12.3 Å². The van der Waals surface area contributed by atoms with Gasteiger partial charge in [-0.15, -0.1) is 0 Å². The molecule has 1 saturated carbocycles. The minimum atomic E-state index is 0.0857. The van der Waals surface area contributed by atoms with E-state index in [0.717, 1.165) is 12.3 Å². The minimum absolute atomic E-state index is 0.0857. The number of hydrogen-bond acceptors (Lipinski definition) is 4. The lowest BCUT2D eigenvalue weighted by molar-refractivity contribution is 0.0972. The van der Waals surface area contributed by atoms with Crippen molar-refractivity contribution >= 4 is 5.78 Å². The smallest absolute Gasteiger partial charge is 0.216 e. The number of carbonyl (C=O) groups is 1. The third-order valence-electron chi connectivity index (χ3n) is 2.61. The van der Waals surface area contributed by atoms with Crippen molar-refractivity contribution in [3.05, 3.63) is 18.1 Å². The molecule has 15 heavy (non-hydrogen) atoms. The topological polar surface area (TPSA) is 52.1 Å². The number of nitrogens with zero attached hydrogens (tertiary/aromatic N) is 2. The molecule has 0 bridgehead atoms. The Morgan fingerprint density at radius 1 is 1.53 bits per heavy atom. The zero-order valence-corrected chi connectivity index (χ0v) is 8.77. The first-order valence-corrected chi connectivity index (χ1v) is 5.19. The predicted octanol–water partition coefficient (Wildman–Crippen LogP) is 1.86. The summed E-state index contributed by atoms with van der Waals surface area (Å²) in [5.74, 6) is 1.31. The summed E-state index contributed by atoms with van der Waals surface area (Å²) < 4.78 is 4.94. The van der Waals surface area contributed by atoms with E-state index in [1.165, 1.54) is 26.3 Å². The van der Waals surface area contributed by atoms with Gasteiger partial charge in [0.2, 0.25) is 5.88 Å². The maximum Gasteiger partial charge on any atom is 0.216 e. The zero-order valence-electron chi connectivity index (χ0n) is 8.77. The van der Waals surface area contributed by atoms with Crippen LogP contribution in [0.4, 0.5) is 0 Å². The van der Waals surface area contributed by atoms with Crippen LogP contribution in [0.3, 0.4) is 0 Å². The largest absolute Gasteiger partial charge is 0.481 e. The summed E-state index contributed by atoms with van der Waals surface area (Å²) in [5, 5.41) is 0. The Bertz CT molecular complexity index is 361. The first kappa shape index (κ1) is 10.1. The highest BCUT2D eigenvalue weighted by atomic mass is 16.5. The van der Waals surface area contributed by atoms with Gasteiger partial charge in [0.25, 0.3) is 0 Å². The van der Waals surface area contributed by atoms with Crippen LogP contribution in [0.15, 0.2) is 12.4 Å². The van der Waals surface area contributed by atoms with Crippen molar-refractivity contribution in [1.82, 2.24) is 9.97 Å². The number of carbonyl (C=O) groups excluding carboxylic acids is 1. The van der Waals surface area contributed by atoms with Crippen LogP contribution in [0.2, 0.25) is 0 Å². The molecule has 4 nitrogen and oxygen atoms in total. The van der Waals surface area contributed by atoms with Crippen LogP contribution in [0.1, 0.15) is 36.2 Å². The maximum atomic E-state index is 11.7. The highest BCUT2D eigenvalue weighted by Gasteiger charge is 2.22. The van der Waals surface area contributed by atoms with Gasteiger partial charge < -0.3 is 4.74 Å². The quantitative estimate of drug-likeness (QED) is 0.690. The first-order chi connectivity index (χ1) is 7.29. The molecule has 0 unspecified atom stereocenters. The molecule has 0 aliphatic heterocycles. The van der Waals surface area contributed by atoms with Crippen molar-refractivity contribution in [2.24, 2.45) is 5.92 Å². The summed E-state index contributed by atoms with van der Waals surface area (Å²) in [6.45, 7) is 0. The number of methoxy groups -OCH3 is 1. The number of Topliss-reactive ketones (excluding diaryl/α,β-unsaturated/α-hetero) is 1. The molecule has 0 radical (unpaired) electrons. The molecule has 1 fully saturated rings. The Hall–Kier alpha value is -1.45. The lowest BCUT2D eigenvalue weighted by Crippen LogP contribution is -2.03. The van der Waals surface area contributed by atoms with Crippen LogP contribution in [0.25, 0.3) is 0 Å². The average molecular weight is 206 g/mol. The van der Waals surface area contributed by atoms with E-state index in [-0.39, 0.29) is 5.78 Å². The van der Waals surface area contributed by atoms with Crippen LogP contribution in [0.5, 0.6) is 5.88 Å². The number of ether oxygens (including phenoxy) is 1. The third kappa shape index (κ3) is 2.75. The lowest BCUT2D eigenvalue weighted by Gasteiger charge is -2.01. The summed E-state index contributed by atoms with van der Waals surface area (Å²) in [4.78, 5) is 19.5. The van der Waals surface area contributed by atoms with Gasteiger partial charge >= 0.3 is 0 Å². The van der Waals surface area contributed by atoms with E-state index in [1.54, 1.807) is 6.07 Å². The van der Waals surface area contributed by atoms with Crippen molar-refractivity contribution in [1.29, 1.82) is 0 Å². The van der Waals surface area contributed by atoms with Crippen molar-refractivity contribution in [2.45, 2.75) is 25.7 Å². The molecular formula is C11H14N2O2. The molecule has 4 heteroatoms. The van der Waals surface area contributed by atoms with E-state index in [4.69, 9.17) is 4.74 Å². The van der Waals surface area contributed by atoms with Crippen LogP contribution < -0.4 is 4.74 Å². The third-order valence-corrected chi connectivity index (χ3v) is 2.61. The van der Waals surface area contributed by atoms with Gasteiger partial charge in [-0.1, -0.05) is 12.8 Å². The highest BCUT2D eigenvalue weighted by Crippen LogP contribution is 2.33. The molecule has 2 rings (SSSR count). The SMILES string of the molecule is COc1cc(C(=O)CCC2CC2)ncn1. The molecule has 0 amide bonds. The molecule has 1 aromatic heterocycles. The Balaban J connectivity index is 1.96. The van der Waals surface area contributed by atoms with Gasteiger partial charge in [0.05, 0.1) is 7.11 Å². The highest BCUT2D eigenvalue weighted by molar-refractivity contribution is 5.94. The molecule has 0 atom stereocenters. The van der Waals surface area contributed by atoms with Crippen LogP contribution in [-0.4, -0.2) is 22.9 Å². The Morgan fingerprint density at radius 3 is 3.00 bits per heavy atom. The second kappa shape index (κ2) is 4.38. The Morgan fingerprint density at radius 2 is 2.33 bits per heavy atom. The lowest BCUT2D eigenvalue weighted by atomic mass is 10.1. The number of rotatable bonds is 5. The second-order valence-corrected chi connectivity index (χ2v) is 3.85. The molecule has 0 spiro atoms. The molecule has 0 N–H and O–H groups in total. The number of ketones is 1. The summed E-state index contributed by atoms with van der Waals surface area (Å²) in [6, 6.07) is 1.59. The normalized spacial score (nSPS) is 15.0. The number of aromatic nitrogens is 2. The van der Waals surface area contributed by atoms with E-state index < -0.39 is 0 Å². The van der Waals surface area contributed by atoms with Crippen molar-refractivity contribution in [3.8, 4) is 5.88 Å². The van der Waals surface area contributed by atoms with Crippen LogP contribution in [-0.2, 0) is 0 Å². The molecule has 1 aliphatic carbocycles. The van der Waals surface area contributed by atoms with E-state index in [9.17, 15) is 4.79 Å². The van der Waals surface area contributed by atoms with Crippen molar-refractivity contribution in [2.75, 3.05) is 7.11 Å². The fourth-order valence-corrected chi connectivity index (χ4v) is 1.47. The molecule has 1 heterocycles. The van der Waals surface area contributed by atoms with Gasteiger partial charge in [0.15, 0.2) is 5.78 Å². The monoisotopic (exact) mass is 206 g/mol. The van der Waals surface area contributed by atoms with Gasteiger partial charge in [-0.3, -0.25) is 4.79 Å². The van der Waals surface area contributed by atoms with Crippen molar-refractivity contribution in [3.63, 3.8) is 0 Å². The summed E-state index contributed by atoms with van der Waals surface area (Å²) in [5.41, 5.74) is 0.461. The predicted molar refractivity (Wildman–Crippen MR) is 54.9 cm³/mol. The molecule has 1 aromatic rings. The maximum absolute atomic E-state index is 11.7. The molecule has 1 aliphatic rings. The molecule has 0 saturated heterocycles. The average Bonchev–Trinajstić information content (AvgIpc) is 3.10. The standard InChI is InChI=1S/C11H14N2O2/c1-15-11-6-9(12-7-13-11)10(14)5-4-8-2-3-8/h6-8H,2-5H2,1H3. The second-order valence-electron chi connectivity index (χ2n) is 3.85. The summed E-state index contributed by atoms with van der Waals surface area (Å²) in [7, 11) is 1.53. The molecule has 0 aromatic carbocycles. The van der Waals surface area contributed by atoms with Gasteiger partial charge in [0, 0.05) is 12.5 Å². The molecule has 80 valence electrons. The fraction of sp³-hybridized carbons (Fsp3) is 0.545. The van der Waals surface area contributed by atoms with Crippen LogP contribution >= 0.6 is 0 Å². The van der Waals surface area contributed by atoms with E-state index in [1.807, 2.05) is 0 Å². The van der Waals surface area contributed by atoms with E-state index >= 15 is 0 Å². The van der Waals surface area contributed by atoms with Gasteiger partial charge in [0.1, 0.15) is 12.0 Å². The van der Waals surface area contributed by atoms with E-state index in [2.05, 4.69) is 9.97 Å². The van der Waals surface area contributed by atoms with Crippen molar-refractivity contribution < 1.29 is 9.53 Å². The van der Waals surface area contributed by atoms with Gasteiger partial charge in [-0.25, -0.2) is 9.97 Å².